The van der Waals surface area contributed by atoms with Crippen molar-refractivity contribution in [2.24, 2.45) is 11.1 Å². The Morgan fingerprint density at radius 3 is 2.30 bits per heavy atom. The van der Waals surface area contributed by atoms with Gasteiger partial charge in [0.05, 0.1) is 17.6 Å². The largest absolute Gasteiger partial charge is 0.391 e. The monoisotopic (exact) mass is 282 g/mol. The number of carbonyl (C=O) groups excluding carboxylic acids is 1. The van der Waals surface area contributed by atoms with Crippen molar-refractivity contribution < 1.29 is 9.90 Å². The molecule has 2 fully saturated rings. The molecule has 0 saturated heterocycles. The summed E-state index contributed by atoms with van der Waals surface area (Å²) in [6.45, 7) is 0.432. The Kier molecular flexibility index (Phi) is 5.85. The molecule has 116 valence electrons. The summed E-state index contributed by atoms with van der Waals surface area (Å²) in [6, 6.07) is -0.0725. The van der Waals surface area contributed by atoms with Crippen LogP contribution in [0.5, 0.6) is 0 Å². The fraction of sp³-hybridized carbons (Fsp3) is 0.938. The van der Waals surface area contributed by atoms with Gasteiger partial charge < -0.3 is 16.2 Å². The molecule has 0 aromatic carbocycles. The molecular weight excluding hydrogens is 252 g/mol. The first-order valence-corrected chi connectivity index (χ1v) is 8.37. The number of hydrogen-bond acceptors (Lipinski definition) is 3. The van der Waals surface area contributed by atoms with Crippen LogP contribution in [0.4, 0.5) is 0 Å². The van der Waals surface area contributed by atoms with Crippen LogP contribution in [0.1, 0.15) is 70.6 Å². The molecule has 2 unspecified atom stereocenters. The number of aliphatic hydroxyl groups excluding tert-OH is 1. The van der Waals surface area contributed by atoms with Crippen LogP contribution in [-0.4, -0.2) is 29.7 Å². The van der Waals surface area contributed by atoms with Gasteiger partial charge in [0.1, 0.15) is 0 Å². The first-order chi connectivity index (χ1) is 9.68. The highest BCUT2D eigenvalue weighted by Crippen LogP contribution is 2.35. The van der Waals surface area contributed by atoms with E-state index in [4.69, 9.17) is 5.73 Å². The van der Waals surface area contributed by atoms with Crippen LogP contribution >= 0.6 is 0 Å². The van der Waals surface area contributed by atoms with Gasteiger partial charge in [-0.15, -0.1) is 0 Å². The van der Waals surface area contributed by atoms with E-state index in [2.05, 4.69) is 5.32 Å². The molecule has 4 heteroatoms. The molecule has 0 aromatic heterocycles. The van der Waals surface area contributed by atoms with E-state index in [1.54, 1.807) is 0 Å². The number of nitrogens with one attached hydrogen (secondary N) is 1. The molecule has 2 saturated carbocycles. The fourth-order valence-corrected chi connectivity index (χ4v) is 3.71. The van der Waals surface area contributed by atoms with Crippen LogP contribution in [0.25, 0.3) is 0 Å². The normalized spacial score (nSPS) is 31.1. The summed E-state index contributed by atoms with van der Waals surface area (Å²) >= 11 is 0. The zero-order valence-corrected chi connectivity index (χ0v) is 12.6. The highest BCUT2D eigenvalue weighted by molar-refractivity contribution is 5.83. The summed E-state index contributed by atoms with van der Waals surface area (Å²) < 4.78 is 0. The van der Waals surface area contributed by atoms with Gasteiger partial charge in [0.25, 0.3) is 0 Å². The molecule has 0 heterocycles. The van der Waals surface area contributed by atoms with Crippen molar-refractivity contribution in [3.05, 3.63) is 0 Å². The average molecular weight is 282 g/mol. The molecule has 2 aliphatic rings. The van der Waals surface area contributed by atoms with Gasteiger partial charge in [-0.3, -0.25) is 4.79 Å². The van der Waals surface area contributed by atoms with Crippen molar-refractivity contribution in [2.45, 2.75) is 82.8 Å². The van der Waals surface area contributed by atoms with Crippen LogP contribution in [0, 0.1) is 5.41 Å². The topological polar surface area (TPSA) is 75.4 Å². The molecular formula is C16H30N2O2. The molecule has 1 amide bonds. The zero-order chi connectivity index (χ0) is 14.4. The van der Waals surface area contributed by atoms with Gasteiger partial charge >= 0.3 is 0 Å². The Labute approximate surface area is 122 Å². The Hall–Kier alpha value is -0.610. The predicted molar refractivity (Wildman–Crippen MR) is 80.2 cm³/mol. The zero-order valence-electron chi connectivity index (χ0n) is 12.6. The van der Waals surface area contributed by atoms with E-state index in [1.165, 1.54) is 12.8 Å². The molecule has 0 aliphatic heterocycles. The third-order valence-corrected chi connectivity index (χ3v) is 5.23. The maximum Gasteiger partial charge on any atom is 0.227 e. The van der Waals surface area contributed by atoms with Crippen molar-refractivity contribution in [3.8, 4) is 0 Å². The SMILES string of the molecule is NCC1(C(=O)NC2CCCCCC2O)CCCCCC1. The lowest BCUT2D eigenvalue weighted by atomic mass is 9.79. The molecule has 0 radical (unpaired) electrons. The van der Waals surface area contributed by atoms with Gasteiger partial charge in [-0.2, -0.15) is 0 Å². The highest BCUT2D eigenvalue weighted by atomic mass is 16.3. The van der Waals surface area contributed by atoms with Gasteiger partial charge in [0.2, 0.25) is 5.91 Å². The standard InChI is InChI=1S/C16H30N2O2/c17-12-16(10-6-1-2-7-11-16)15(20)18-13-8-4-3-5-9-14(13)19/h13-14,19H,1-12,17H2,(H,18,20). The Morgan fingerprint density at radius 1 is 1.05 bits per heavy atom. The Morgan fingerprint density at radius 2 is 1.65 bits per heavy atom. The number of hydrogen-bond donors (Lipinski definition) is 3. The second-order valence-corrected chi connectivity index (χ2v) is 6.68. The fourth-order valence-electron chi connectivity index (χ4n) is 3.71. The number of carbonyl (C=O) groups is 1. The molecule has 0 spiro atoms. The molecule has 2 rings (SSSR count). The van der Waals surface area contributed by atoms with E-state index < -0.39 is 0 Å². The average Bonchev–Trinajstić information content (AvgIpc) is 2.81. The summed E-state index contributed by atoms with van der Waals surface area (Å²) in [5.41, 5.74) is 5.57. The molecule has 0 bridgehead atoms. The van der Waals surface area contributed by atoms with Crippen molar-refractivity contribution in [3.63, 3.8) is 0 Å². The van der Waals surface area contributed by atoms with E-state index >= 15 is 0 Å². The van der Waals surface area contributed by atoms with Crippen LogP contribution in [0.2, 0.25) is 0 Å². The Bertz CT molecular complexity index is 312. The maximum absolute atomic E-state index is 12.7. The second-order valence-electron chi connectivity index (χ2n) is 6.68. The van der Waals surface area contributed by atoms with E-state index in [-0.39, 0.29) is 23.5 Å². The number of nitrogens with two attached hydrogens (primary N) is 1. The van der Waals surface area contributed by atoms with Crippen LogP contribution in [0.3, 0.4) is 0 Å². The summed E-state index contributed by atoms with van der Waals surface area (Å²) in [4.78, 5) is 12.7. The van der Waals surface area contributed by atoms with E-state index in [0.29, 0.717) is 6.54 Å². The summed E-state index contributed by atoms with van der Waals surface area (Å²) in [6.07, 6.45) is 11.0. The first kappa shape index (κ1) is 15.8. The van der Waals surface area contributed by atoms with Crippen LogP contribution in [-0.2, 0) is 4.79 Å². The van der Waals surface area contributed by atoms with Gasteiger partial charge in [-0.25, -0.2) is 0 Å². The molecule has 20 heavy (non-hydrogen) atoms. The third-order valence-electron chi connectivity index (χ3n) is 5.23. The minimum Gasteiger partial charge on any atom is -0.391 e. The molecule has 4 N–H and O–H groups in total. The lowest BCUT2D eigenvalue weighted by Crippen LogP contribution is -2.52. The van der Waals surface area contributed by atoms with E-state index in [9.17, 15) is 9.90 Å². The van der Waals surface area contributed by atoms with Crippen molar-refractivity contribution in [1.29, 1.82) is 0 Å². The maximum atomic E-state index is 12.7. The quantitative estimate of drug-likeness (QED) is 0.694. The molecule has 2 atom stereocenters. The lowest BCUT2D eigenvalue weighted by Gasteiger charge is -2.33. The van der Waals surface area contributed by atoms with Crippen molar-refractivity contribution in [1.82, 2.24) is 5.32 Å². The first-order valence-electron chi connectivity index (χ1n) is 8.37. The molecule has 2 aliphatic carbocycles. The number of amides is 1. The van der Waals surface area contributed by atoms with Gasteiger partial charge in [-0.1, -0.05) is 44.9 Å². The number of rotatable bonds is 3. The minimum atomic E-state index is -0.387. The van der Waals surface area contributed by atoms with Gasteiger partial charge in [0.15, 0.2) is 0 Å². The molecule has 0 aromatic rings. The summed E-state index contributed by atoms with van der Waals surface area (Å²) in [7, 11) is 0. The summed E-state index contributed by atoms with van der Waals surface area (Å²) in [5, 5.41) is 13.3. The Balaban J connectivity index is 2.00. The third kappa shape index (κ3) is 3.73. The lowest BCUT2D eigenvalue weighted by molar-refractivity contribution is -0.133. The van der Waals surface area contributed by atoms with Crippen molar-refractivity contribution >= 4 is 5.91 Å². The smallest absolute Gasteiger partial charge is 0.227 e. The van der Waals surface area contributed by atoms with Crippen LogP contribution < -0.4 is 11.1 Å². The highest BCUT2D eigenvalue weighted by Gasteiger charge is 2.38. The predicted octanol–water partition coefficient (Wildman–Crippen LogP) is 2.10. The second kappa shape index (κ2) is 7.41. The van der Waals surface area contributed by atoms with E-state index in [0.717, 1.165) is 57.8 Å². The van der Waals surface area contributed by atoms with Crippen LogP contribution in [0.15, 0.2) is 0 Å². The minimum absolute atomic E-state index is 0.0725. The van der Waals surface area contributed by atoms with Gasteiger partial charge in [-0.05, 0) is 25.7 Å². The molecule has 4 nitrogen and oxygen atoms in total. The summed E-state index contributed by atoms with van der Waals surface area (Å²) in [5.74, 6) is 0.0906. The van der Waals surface area contributed by atoms with E-state index in [1.807, 2.05) is 0 Å². The van der Waals surface area contributed by atoms with Crippen molar-refractivity contribution in [2.75, 3.05) is 6.54 Å². The van der Waals surface area contributed by atoms with Gasteiger partial charge in [0, 0.05) is 6.54 Å². The number of aliphatic hydroxyl groups is 1.